The summed E-state index contributed by atoms with van der Waals surface area (Å²) in [6, 6.07) is 7.18. The first kappa shape index (κ1) is 25.2. The Morgan fingerprint density at radius 1 is 1.15 bits per heavy atom. The first-order chi connectivity index (χ1) is 16.1. The molecule has 0 bridgehead atoms. The molecule has 1 aliphatic heterocycles. The summed E-state index contributed by atoms with van der Waals surface area (Å²) in [4.78, 5) is 13.8. The summed E-state index contributed by atoms with van der Waals surface area (Å²) in [7, 11) is 0. The molecule has 178 valence electrons. The highest BCUT2D eigenvalue weighted by atomic mass is 19.1. The van der Waals surface area contributed by atoms with E-state index in [1.165, 1.54) is 38.2 Å². The molecule has 1 saturated heterocycles. The van der Waals surface area contributed by atoms with Gasteiger partial charge in [-0.25, -0.2) is 4.39 Å². The lowest BCUT2D eigenvalue weighted by molar-refractivity contribution is 0.378. The summed E-state index contributed by atoms with van der Waals surface area (Å²) < 4.78 is 14.1. The predicted octanol–water partition coefficient (Wildman–Crippen LogP) is 5.55. The van der Waals surface area contributed by atoms with Crippen molar-refractivity contribution in [2.24, 2.45) is 20.9 Å². The highest BCUT2D eigenvalue weighted by molar-refractivity contribution is 6.13. The van der Waals surface area contributed by atoms with Gasteiger partial charge in [0, 0.05) is 29.1 Å². The van der Waals surface area contributed by atoms with Crippen molar-refractivity contribution in [2.75, 3.05) is 19.8 Å². The molecule has 0 unspecified atom stereocenters. The van der Waals surface area contributed by atoms with Gasteiger partial charge in [0.2, 0.25) is 0 Å². The lowest BCUT2D eigenvalue weighted by atomic mass is 9.93. The summed E-state index contributed by atoms with van der Waals surface area (Å²) in [6.07, 6.45) is 11.9. The van der Waals surface area contributed by atoms with E-state index in [-0.39, 0.29) is 5.82 Å². The third-order valence-electron chi connectivity index (χ3n) is 6.63. The van der Waals surface area contributed by atoms with Crippen LogP contribution in [0.25, 0.3) is 5.70 Å². The first-order valence-electron chi connectivity index (χ1n) is 12.2. The molecule has 1 aromatic carbocycles. The lowest BCUT2D eigenvalue weighted by Crippen LogP contribution is -2.31. The Labute approximate surface area is 198 Å². The number of hydrogen-bond acceptors (Lipinski definition) is 5. The number of nitrogens with zero attached hydrogens (tertiary/aromatic N) is 3. The average Bonchev–Trinajstić information content (AvgIpc) is 2.85. The average molecular weight is 452 g/mol. The van der Waals surface area contributed by atoms with Gasteiger partial charge in [-0.15, -0.1) is 0 Å². The van der Waals surface area contributed by atoms with Crippen molar-refractivity contribution in [3.63, 3.8) is 0 Å². The zero-order valence-electron chi connectivity index (χ0n) is 20.1. The van der Waals surface area contributed by atoms with Crippen LogP contribution < -0.4 is 10.6 Å². The van der Waals surface area contributed by atoms with Gasteiger partial charge >= 0.3 is 0 Å². The van der Waals surface area contributed by atoms with E-state index in [1.807, 2.05) is 19.1 Å². The van der Waals surface area contributed by atoms with Crippen LogP contribution in [0.5, 0.6) is 0 Å². The highest BCUT2D eigenvalue weighted by Crippen LogP contribution is 2.25. The molecule has 1 saturated carbocycles. The van der Waals surface area contributed by atoms with Gasteiger partial charge < -0.3 is 5.32 Å². The Morgan fingerprint density at radius 2 is 1.91 bits per heavy atom. The molecule has 2 fully saturated rings. The van der Waals surface area contributed by atoms with Gasteiger partial charge in [-0.1, -0.05) is 31.4 Å². The zero-order valence-corrected chi connectivity index (χ0v) is 20.1. The minimum Gasteiger partial charge on any atom is -0.317 e. The van der Waals surface area contributed by atoms with E-state index in [9.17, 15) is 4.39 Å². The molecule has 5 nitrogen and oxygen atoms in total. The van der Waals surface area contributed by atoms with Crippen molar-refractivity contribution in [1.82, 2.24) is 10.6 Å². The third-order valence-corrected chi connectivity index (χ3v) is 6.63. The fourth-order valence-electron chi connectivity index (χ4n) is 4.62. The fourth-order valence-corrected chi connectivity index (χ4v) is 4.62. The van der Waals surface area contributed by atoms with Crippen LogP contribution in [-0.2, 0) is 0 Å². The molecule has 3 rings (SSSR count). The molecule has 1 aliphatic carbocycles. The van der Waals surface area contributed by atoms with Crippen molar-refractivity contribution in [2.45, 2.75) is 64.8 Å². The molecule has 0 spiro atoms. The molecule has 0 aromatic heterocycles. The SMILES string of the molecule is C=N\C=C/C(=N\CNC1CCCCC1)C(/C)=C(/N=C(C)C1CCNCC1)c1cccc(F)c1. The fraction of sp³-hybridized carbons (Fsp3) is 0.519. The minimum absolute atomic E-state index is 0.270. The summed E-state index contributed by atoms with van der Waals surface area (Å²) >= 11 is 0. The van der Waals surface area contributed by atoms with E-state index in [0.29, 0.717) is 18.6 Å². The van der Waals surface area contributed by atoms with E-state index in [0.717, 1.165) is 54.2 Å². The topological polar surface area (TPSA) is 61.1 Å². The smallest absolute Gasteiger partial charge is 0.123 e. The molecular weight excluding hydrogens is 413 g/mol. The summed E-state index contributed by atoms with van der Waals surface area (Å²) in [5.41, 5.74) is 4.29. The lowest BCUT2D eigenvalue weighted by Gasteiger charge is -2.23. The van der Waals surface area contributed by atoms with Crippen LogP contribution in [0.2, 0.25) is 0 Å². The Balaban J connectivity index is 1.95. The molecule has 2 aliphatic rings. The molecule has 0 amide bonds. The number of rotatable bonds is 9. The molecule has 33 heavy (non-hydrogen) atoms. The number of nitrogens with one attached hydrogen (secondary N) is 2. The number of allylic oxidation sites excluding steroid dienone is 2. The second kappa shape index (κ2) is 13.3. The van der Waals surface area contributed by atoms with Gasteiger partial charge in [-0.3, -0.25) is 20.3 Å². The summed E-state index contributed by atoms with van der Waals surface area (Å²) in [5, 5.41) is 6.98. The van der Waals surface area contributed by atoms with Crippen molar-refractivity contribution < 1.29 is 4.39 Å². The highest BCUT2D eigenvalue weighted by Gasteiger charge is 2.18. The maximum absolute atomic E-state index is 14.1. The predicted molar refractivity (Wildman–Crippen MR) is 139 cm³/mol. The second-order valence-electron chi connectivity index (χ2n) is 9.00. The molecule has 0 atom stereocenters. The molecule has 1 heterocycles. The Hall–Kier alpha value is -2.44. The van der Waals surface area contributed by atoms with E-state index in [1.54, 1.807) is 18.3 Å². The quantitative estimate of drug-likeness (QED) is 0.484. The molecular formula is C27H38FN5. The van der Waals surface area contributed by atoms with Crippen LogP contribution in [0.15, 0.2) is 57.1 Å². The van der Waals surface area contributed by atoms with Gasteiger partial charge in [-0.05, 0) is 83.5 Å². The zero-order chi connectivity index (χ0) is 23.5. The van der Waals surface area contributed by atoms with Gasteiger partial charge in [0.05, 0.1) is 18.1 Å². The van der Waals surface area contributed by atoms with Crippen LogP contribution in [0.3, 0.4) is 0 Å². The van der Waals surface area contributed by atoms with Crippen molar-refractivity contribution >= 4 is 23.8 Å². The van der Waals surface area contributed by atoms with Gasteiger partial charge in [0.25, 0.3) is 0 Å². The Bertz CT molecular complexity index is 903. The Kier molecular flexibility index (Phi) is 10.2. The van der Waals surface area contributed by atoms with E-state index in [4.69, 9.17) is 9.98 Å². The van der Waals surface area contributed by atoms with Gasteiger partial charge in [-0.2, -0.15) is 0 Å². The maximum atomic E-state index is 14.1. The summed E-state index contributed by atoms with van der Waals surface area (Å²) in [6.45, 7) is 10.2. The largest absolute Gasteiger partial charge is 0.317 e. The van der Waals surface area contributed by atoms with E-state index >= 15 is 0 Å². The van der Waals surface area contributed by atoms with Crippen LogP contribution >= 0.6 is 0 Å². The second-order valence-corrected chi connectivity index (χ2v) is 9.00. The normalized spacial score (nSPS) is 20.2. The van der Waals surface area contributed by atoms with Gasteiger partial charge in [0.15, 0.2) is 0 Å². The first-order valence-corrected chi connectivity index (χ1v) is 12.2. The standard InChI is InChI=1S/C27H38FN5/c1-20(26(14-15-29-3)32-19-31-25-10-5-4-6-11-25)27(23-8-7-9-24(28)18-23)33-21(2)22-12-16-30-17-13-22/h7-9,14-15,18,22,25,30-31H,3-6,10-13,16-17,19H2,1-2H3/b15-14-,27-20+,32-26+,33-21?. The molecule has 1 aromatic rings. The minimum atomic E-state index is -0.270. The van der Waals surface area contributed by atoms with Crippen molar-refractivity contribution in [1.29, 1.82) is 0 Å². The number of aliphatic imine (C=N–C) groups is 3. The number of hydrogen-bond donors (Lipinski definition) is 2. The van der Waals surface area contributed by atoms with Gasteiger partial charge in [0.1, 0.15) is 5.82 Å². The van der Waals surface area contributed by atoms with E-state index < -0.39 is 0 Å². The monoisotopic (exact) mass is 451 g/mol. The summed E-state index contributed by atoms with van der Waals surface area (Å²) in [5.74, 6) is 0.162. The third kappa shape index (κ3) is 7.83. The molecule has 6 heteroatoms. The number of benzene rings is 1. The van der Waals surface area contributed by atoms with Crippen LogP contribution in [0, 0.1) is 11.7 Å². The number of halogens is 1. The van der Waals surface area contributed by atoms with E-state index in [2.05, 4.69) is 29.3 Å². The maximum Gasteiger partial charge on any atom is 0.123 e. The van der Waals surface area contributed by atoms with Crippen LogP contribution in [0.4, 0.5) is 4.39 Å². The van der Waals surface area contributed by atoms with Crippen LogP contribution in [-0.4, -0.2) is 43.9 Å². The Morgan fingerprint density at radius 3 is 2.61 bits per heavy atom. The molecule has 2 N–H and O–H groups in total. The van der Waals surface area contributed by atoms with Crippen LogP contribution in [0.1, 0.15) is 64.4 Å². The number of piperidine rings is 1. The van der Waals surface area contributed by atoms with Crippen molar-refractivity contribution in [3.8, 4) is 0 Å². The van der Waals surface area contributed by atoms with Crippen molar-refractivity contribution in [3.05, 3.63) is 53.5 Å². The molecule has 0 radical (unpaired) electrons.